The molecule has 0 saturated heterocycles. The summed E-state index contributed by atoms with van der Waals surface area (Å²) in [6, 6.07) is 23.3. The summed E-state index contributed by atoms with van der Waals surface area (Å²) in [5.74, 6) is -1.75. The first-order valence-corrected chi connectivity index (χ1v) is 11.5. The SMILES string of the molecule is CC(CN(C)C(=O)Cc1ccc(NC(=O)OCC2c3ccccc3-c3ccccc32)cc1)C(=O)O. The third-order valence-corrected chi connectivity index (χ3v) is 6.29. The minimum atomic E-state index is -0.937. The van der Waals surface area contributed by atoms with Crippen molar-refractivity contribution in [3.05, 3.63) is 89.5 Å². The molecule has 0 fully saturated rings. The topological polar surface area (TPSA) is 95.9 Å². The molecular weight excluding hydrogens is 444 g/mol. The number of fused-ring (bicyclic) bond motifs is 3. The number of carboxylic acid groups (broad SMARTS) is 1. The van der Waals surface area contributed by atoms with Crippen LogP contribution in [-0.4, -0.2) is 48.2 Å². The van der Waals surface area contributed by atoms with Crippen LogP contribution in [0.15, 0.2) is 72.8 Å². The van der Waals surface area contributed by atoms with Gasteiger partial charge in [-0.15, -0.1) is 0 Å². The third-order valence-electron chi connectivity index (χ3n) is 6.29. The average molecular weight is 473 g/mol. The molecule has 0 bridgehead atoms. The number of hydrogen-bond donors (Lipinski definition) is 2. The first-order valence-electron chi connectivity index (χ1n) is 11.5. The maximum atomic E-state index is 12.5. The molecule has 7 heteroatoms. The van der Waals surface area contributed by atoms with E-state index in [1.165, 1.54) is 16.0 Å². The Labute approximate surface area is 204 Å². The summed E-state index contributed by atoms with van der Waals surface area (Å²) in [7, 11) is 1.59. The number of benzene rings is 3. The molecule has 0 heterocycles. The van der Waals surface area contributed by atoms with E-state index in [1.54, 1.807) is 38.2 Å². The number of nitrogens with one attached hydrogen (secondary N) is 1. The van der Waals surface area contributed by atoms with Crippen LogP contribution in [0.5, 0.6) is 0 Å². The van der Waals surface area contributed by atoms with Crippen LogP contribution in [0.25, 0.3) is 11.1 Å². The summed E-state index contributed by atoms with van der Waals surface area (Å²) in [6.45, 7) is 1.94. The molecule has 7 nitrogen and oxygen atoms in total. The number of anilines is 1. The molecule has 3 aromatic rings. The van der Waals surface area contributed by atoms with Crippen molar-refractivity contribution in [2.45, 2.75) is 19.3 Å². The maximum absolute atomic E-state index is 12.5. The van der Waals surface area contributed by atoms with Gasteiger partial charge in [0, 0.05) is 25.2 Å². The minimum absolute atomic E-state index is 0.0117. The third kappa shape index (κ3) is 5.51. The zero-order valence-electron chi connectivity index (χ0n) is 19.7. The van der Waals surface area contributed by atoms with Crippen molar-refractivity contribution in [2.24, 2.45) is 5.92 Å². The van der Waals surface area contributed by atoms with E-state index in [0.29, 0.717) is 5.69 Å². The summed E-state index contributed by atoms with van der Waals surface area (Å²) in [5.41, 5.74) is 5.97. The summed E-state index contributed by atoms with van der Waals surface area (Å²) >= 11 is 0. The number of hydrogen-bond acceptors (Lipinski definition) is 4. The van der Waals surface area contributed by atoms with E-state index in [1.807, 2.05) is 24.3 Å². The van der Waals surface area contributed by atoms with Crippen LogP contribution in [0.4, 0.5) is 10.5 Å². The van der Waals surface area contributed by atoms with Crippen molar-refractivity contribution in [1.29, 1.82) is 0 Å². The van der Waals surface area contributed by atoms with E-state index in [2.05, 4.69) is 29.6 Å². The van der Waals surface area contributed by atoms with Crippen molar-refractivity contribution in [2.75, 3.05) is 25.5 Å². The molecule has 2 N–H and O–H groups in total. The number of carbonyl (C=O) groups is 3. The lowest BCUT2D eigenvalue weighted by molar-refractivity contribution is -0.142. The van der Waals surface area contributed by atoms with Gasteiger partial charge in [0.25, 0.3) is 0 Å². The smallest absolute Gasteiger partial charge is 0.411 e. The lowest BCUT2D eigenvalue weighted by Gasteiger charge is -2.19. The zero-order valence-corrected chi connectivity index (χ0v) is 19.7. The van der Waals surface area contributed by atoms with Gasteiger partial charge in [0.15, 0.2) is 0 Å². The molecule has 180 valence electrons. The Morgan fingerprint density at radius 2 is 1.51 bits per heavy atom. The van der Waals surface area contributed by atoms with Crippen molar-refractivity contribution >= 4 is 23.7 Å². The summed E-state index contributed by atoms with van der Waals surface area (Å²) < 4.78 is 5.57. The Morgan fingerprint density at radius 1 is 0.943 bits per heavy atom. The molecular formula is C28H28N2O5. The molecule has 1 aliphatic rings. The number of carboxylic acids is 1. The van der Waals surface area contributed by atoms with Gasteiger partial charge in [0.05, 0.1) is 12.3 Å². The molecule has 0 spiro atoms. The van der Waals surface area contributed by atoms with E-state index < -0.39 is 18.0 Å². The second-order valence-corrected chi connectivity index (χ2v) is 8.84. The molecule has 1 aliphatic carbocycles. The molecule has 1 unspecified atom stereocenters. The minimum Gasteiger partial charge on any atom is -0.481 e. The second-order valence-electron chi connectivity index (χ2n) is 8.84. The molecule has 0 radical (unpaired) electrons. The van der Waals surface area contributed by atoms with Crippen LogP contribution in [0, 0.1) is 5.92 Å². The van der Waals surface area contributed by atoms with Gasteiger partial charge in [0.1, 0.15) is 6.61 Å². The van der Waals surface area contributed by atoms with Gasteiger partial charge in [-0.05, 0) is 39.9 Å². The molecule has 4 rings (SSSR count). The highest BCUT2D eigenvalue weighted by atomic mass is 16.5. The monoisotopic (exact) mass is 472 g/mol. The average Bonchev–Trinajstić information content (AvgIpc) is 3.17. The van der Waals surface area contributed by atoms with Crippen molar-refractivity contribution in [1.82, 2.24) is 4.90 Å². The van der Waals surface area contributed by atoms with Gasteiger partial charge >= 0.3 is 12.1 Å². The van der Waals surface area contributed by atoms with E-state index in [4.69, 9.17) is 9.84 Å². The van der Waals surface area contributed by atoms with Crippen LogP contribution < -0.4 is 5.32 Å². The fraction of sp³-hybridized carbons (Fsp3) is 0.250. The van der Waals surface area contributed by atoms with Crippen LogP contribution in [0.3, 0.4) is 0 Å². The fourth-order valence-corrected chi connectivity index (χ4v) is 4.36. The van der Waals surface area contributed by atoms with Gasteiger partial charge < -0.3 is 14.7 Å². The number of ether oxygens (including phenoxy) is 1. The zero-order chi connectivity index (χ0) is 24.9. The van der Waals surface area contributed by atoms with Crippen LogP contribution >= 0.6 is 0 Å². The van der Waals surface area contributed by atoms with E-state index in [9.17, 15) is 14.4 Å². The van der Waals surface area contributed by atoms with E-state index >= 15 is 0 Å². The first kappa shape index (κ1) is 24.0. The number of rotatable bonds is 8. The standard InChI is InChI=1S/C28H28N2O5/c1-18(27(32)33)16-30(2)26(31)15-19-11-13-20(14-12-19)29-28(34)35-17-25-23-9-5-3-7-21(23)22-8-4-6-10-24(22)25/h3-14,18,25H,15-17H2,1-2H3,(H,29,34)(H,32,33). The Balaban J connectivity index is 1.31. The number of aliphatic carboxylic acids is 1. The van der Waals surface area contributed by atoms with Crippen molar-refractivity contribution in [3.8, 4) is 11.1 Å². The number of amides is 2. The number of likely N-dealkylation sites (N-methyl/N-ethyl adjacent to an activating group) is 1. The van der Waals surface area contributed by atoms with Crippen molar-refractivity contribution < 1.29 is 24.2 Å². The lowest BCUT2D eigenvalue weighted by atomic mass is 9.98. The molecule has 0 saturated carbocycles. The summed E-state index contributed by atoms with van der Waals surface area (Å²) in [6.07, 6.45) is -0.397. The van der Waals surface area contributed by atoms with Gasteiger partial charge in [-0.1, -0.05) is 67.6 Å². The number of nitrogens with zero attached hydrogens (tertiary/aromatic N) is 1. The molecule has 1 atom stereocenters. The van der Waals surface area contributed by atoms with E-state index in [-0.39, 0.29) is 31.4 Å². The second kappa shape index (κ2) is 10.4. The van der Waals surface area contributed by atoms with Crippen LogP contribution in [-0.2, 0) is 20.7 Å². The van der Waals surface area contributed by atoms with Gasteiger partial charge in [0.2, 0.25) is 5.91 Å². The maximum Gasteiger partial charge on any atom is 0.411 e. The van der Waals surface area contributed by atoms with Gasteiger partial charge in [-0.3, -0.25) is 14.9 Å². The van der Waals surface area contributed by atoms with E-state index in [0.717, 1.165) is 16.7 Å². The van der Waals surface area contributed by atoms with Gasteiger partial charge in [-0.2, -0.15) is 0 Å². The summed E-state index contributed by atoms with van der Waals surface area (Å²) in [5, 5.41) is 11.7. The summed E-state index contributed by atoms with van der Waals surface area (Å²) in [4.78, 5) is 37.2. The fourth-order valence-electron chi connectivity index (χ4n) is 4.36. The molecule has 0 aromatic heterocycles. The molecule has 35 heavy (non-hydrogen) atoms. The molecule has 2 amide bonds. The lowest BCUT2D eigenvalue weighted by Crippen LogP contribution is -2.34. The molecule has 3 aromatic carbocycles. The quantitative estimate of drug-likeness (QED) is 0.492. The Kier molecular flexibility index (Phi) is 7.15. The Morgan fingerprint density at radius 3 is 2.09 bits per heavy atom. The van der Waals surface area contributed by atoms with Gasteiger partial charge in [-0.25, -0.2) is 4.79 Å². The highest BCUT2D eigenvalue weighted by Crippen LogP contribution is 2.44. The highest BCUT2D eigenvalue weighted by Gasteiger charge is 2.29. The predicted octanol–water partition coefficient (Wildman–Crippen LogP) is 4.77. The number of carbonyl (C=O) groups excluding carboxylic acids is 2. The normalized spacial score (nSPS) is 12.9. The first-order chi connectivity index (χ1) is 16.8. The van der Waals surface area contributed by atoms with Crippen LogP contribution in [0.1, 0.15) is 29.5 Å². The highest BCUT2D eigenvalue weighted by molar-refractivity contribution is 5.85. The van der Waals surface area contributed by atoms with Crippen molar-refractivity contribution in [3.63, 3.8) is 0 Å². The Hall–Kier alpha value is -4.13. The molecule has 0 aliphatic heterocycles. The predicted molar refractivity (Wildman–Crippen MR) is 133 cm³/mol. The van der Waals surface area contributed by atoms with Crippen LogP contribution in [0.2, 0.25) is 0 Å². The Bertz CT molecular complexity index is 1190. The largest absolute Gasteiger partial charge is 0.481 e.